The van der Waals surface area contributed by atoms with Crippen molar-refractivity contribution in [3.63, 3.8) is 0 Å². The molecule has 0 radical (unpaired) electrons. The van der Waals surface area contributed by atoms with Crippen LogP contribution in [0.1, 0.15) is 36.5 Å². The van der Waals surface area contributed by atoms with Gasteiger partial charge in [0.15, 0.2) is 5.78 Å². The number of Topliss-reactive ketones (excluding diaryl/α,β-unsaturated/α-hetero) is 1. The fraction of sp³-hybridized carbons (Fsp3) is 0.500. The van der Waals surface area contributed by atoms with Crippen molar-refractivity contribution in [2.24, 2.45) is 5.41 Å². The van der Waals surface area contributed by atoms with Gasteiger partial charge in [-0.05, 0) is 44.0 Å². The van der Waals surface area contributed by atoms with E-state index in [9.17, 15) is 9.18 Å². The van der Waals surface area contributed by atoms with Crippen LogP contribution in [0.2, 0.25) is 0 Å². The summed E-state index contributed by atoms with van der Waals surface area (Å²) < 4.78 is 14.6. The van der Waals surface area contributed by atoms with Crippen molar-refractivity contribution in [3.8, 4) is 0 Å². The van der Waals surface area contributed by atoms with Crippen LogP contribution in [0, 0.1) is 11.2 Å². The molecule has 1 atom stereocenters. The molecule has 0 spiro atoms. The van der Waals surface area contributed by atoms with Gasteiger partial charge in [0.1, 0.15) is 5.82 Å². The summed E-state index contributed by atoms with van der Waals surface area (Å²) in [6, 6.07) is 4.55. The molecule has 1 heterocycles. The summed E-state index contributed by atoms with van der Waals surface area (Å²) in [4.78, 5) is 12.6. The minimum atomic E-state index is -0.445. The van der Waals surface area contributed by atoms with Gasteiger partial charge in [0.2, 0.25) is 0 Å². The lowest BCUT2D eigenvalue weighted by molar-refractivity contribution is 0.0726. The van der Waals surface area contributed by atoms with E-state index in [0.29, 0.717) is 6.54 Å². The molecule has 1 unspecified atom stereocenters. The molecule has 98 valence electrons. The predicted octanol–water partition coefficient (Wildman–Crippen LogP) is 3.55. The van der Waals surface area contributed by atoms with Crippen LogP contribution in [0.5, 0.6) is 0 Å². The SMILES string of the molecule is CCC1(C(=O)c2cc(Br)ccc2F)CCCNC1. The molecule has 1 saturated heterocycles. The van der Waals surface area contributed by atoms with Crippen molar-refractivity contribution in [2.45, 2.75) is 26.2 Å². The Morgan fingerprint density at radius 1 is 1.56 bits per heavy atom. The number of rotatable bonds is 3. The van der Waals surface area contributed by atoms with Crippen molar-refractivity contribution in [1.82, 2.24) is 5.32 Å². The van der Waals surface area contributed by atoms with Gasteiger partial charge in [0.25, 0.3) is 0 Å². The molecule has 1 N–H and O–H groups in total. The molecular formula is C14H17BrFNO. The summed E-state index contributed by atoms with van der Waals surface area (Å²) in [7, 11) is 0. The fourth-order valence-electron chi connectivity index (χ4n) is 2.58. The van der Waals surface area contributed by atoms with Gasteiger partial charge in [-0.15, -0.1) is 0 Å². The molecule has 1 aliphatic rings. The number of benzene rings is 1. The smallest absolute Gasteiger partial charge is 0.173 e. The molecule has 0 bridgehead atoms. The van der Waals surface area contributed by atoms with E-state index >= 15 is 0 Å². The maximum atomic E-state index is 13.8. The number of hydrogen-bond donors (Lipinski definition) is 1. The van der Waals surface area contributed by atoms with E-state index in [-0.39, 0.29) is 11.3 Å². The average molecular weight is 314 g/mol. The third-order valence-electron chi connectivity index (χ3n) is 3.80. The number of piperidine rings is 1. The molecule has 0 aromatic heterocycles. The van der Waals surface area contributed by atoms with E-state index in [4.69, 9.17) is 0 Å². The van der Waals surface area contributed by atoms with Crippen LogP contribution in [0.25, 0.3) is 0 Å². The van der Waals surface area contributed by atoms with Crippen LogP contribution >= 0.6 is 15.9 Å². The lowest BCUT2D eigenvalue weighted by Crippen LogP contribution is -2.45. The Morgan fingerprint density at radius 2 is 2.33 bits per heavy atom. The maximum absolute atomic E-state index is 13.8. The van der Waals surface area contributed by atoms with E-state index in [1.807, 2.05) is 6.92 Å². The minimum absolute atomic E-state index is 0.0731. The number of hydrogen-bond acceptors (Lipinski definition) is 2. The van der Waals surface area contributed by atoms with Crippen LogP contribution in [-0.2, 0) is 0 Å². The maximum Gasteiger partial charge on any atom is 0.173 e. The lowest BCUT2D eigenvalue weighted by atomic mass is 9.72. The molecule has 2 rings (SSSR count). The van der Waals surface area contributed by atoms with Gasteiger partial charge in [-0.25, -0.2) is 4.39 Å². The molecular weight excluding hydrogens is 297 g/mol. The van der Waals surface area contributed by atoms with Gasteiger partial charge < -0.3 is 5.32 Å². The molecule has 1 aromatic rings. The second kappa shape index (κ2) is 5.49. The Kier molecular flexibility index (Phi) is 4.17. The highest BCUT2D eigenvalue weighted by molar-refractivity contribution is 9.10. The second-order valence-electron chi connectivity index (χ2n) is 4.87. The quantitative estimate of drug-likeness (QED) is 0.865. The Hall–Kier alpha value is -0.740. The van der Waals surface area contributed by atoms with Crippen LogP contribution in [0.15, 0.2) is 22.7 Å². The highest BCUT2D eigenvalue weighted by Crippen LogP contribution is 2.35. The number of ketones is 1. The van der Waals surface area contributed by atoms with E-state index < -0.39 is 11.2 Å². The largest absolute Gasteiger partial charge is 0.316 e. The Balaban J connectivity index is 2.36. The summed E-state index contributed by atoms with van der Waals surface area (Å²) >= 11 is 3.29. The van der Waals surface area contributed by atoms with Crippen LogP contribution in [0.4, 0.5) is 4.39 Å². The molecule has 18 heavy (non-hydrogen) atoms. The van der Waals surface area contributed by atoms with Crippen LogP contribution in [-0.4, -0.2) is 18.9 Å². The lowest BCUT2D eigenvalue weighted by Gasteiger charge is -2.35. The topological polar surface area (TPSA) is 29.1 Å². The zero-order chi connectivity index (χ0) is 13.2. The third-order valence-corrected chi connectivity index (χ3v) is 4.30. The van der Waals surface area contributed by atoms with E-state index in [1.165, 1.54) is 6.07 Å². The first-order chi connectivity index (χ1) is 8.59. The third kappa shape index (κ3) is 2.50. The highest BCUT2D eigenvalue weighted by atomic mass is 79.9. The zero-order valence-electron chi connectivity index (χ0n) is 10.4. The van der Waals surface area contributed by atoms with E-state index in [2.05, 4.69) is 21.2 Å². The number of nitrogens with one attached hydrogen (secondary N) is 1. The highest BCUT2D eigenvalue weighted by Gasteiger charge is 2.39. The van der Waals surface area contributed by atoms with Gasteiger partial charge in [-0.3, -0.25) is 4.79 Å². The van der Waals surface area contributed by atoms with Crippen LogP contribution in [0.3, 0.4) is 0 Å². The second-order valence-corrected chi connectivity index (χ2v) is 5.78. The van der Waals surface area contributed by atoms with Gasteiger partial charge in [-0.2, -0.15) is 0 Å². The Morgan fingerprint density at radius 3 is 2.94 bits per heavy atom. The van der Waals surface area contributed by atoms with Crippen molar-refractivity contribution < 1.29 is 9.18 Å². The van der Waals surface area contributed by atoms with Gasteiger partial charge in [0, 0.05) is 16.4 Å². The summed E-state index contributed by atoms with van der Waals surface area (Å²) in [6.07, 6.45) is 2.54. The summed E-state index contributed by atoms with van der Waals surface area (Å²) in [5.41, 5.74) is -0.241. The monoisotopic (exact) mass is 313 g/mol. The molecule has 0 aliphatic carbocycles. The molecule has 1 fully saturated rings. The Bertz CT molecular complexity index is 455. The number of halogens is 2. The molecule has 2 nitrogen and oxygen atoms in total. The van der Waals surface area contributed by atoms with E-state index in [1.54, 1.807) is 12.1 Å². The van der Waals surface area contributed by atoms with E-state index in [0.717, 1.165) is 30.3 Å². The van der Waals surface area contributed by atoms with Gasteiger partial charge in [-0.1, -0.05) is 22.9 Å². The van der Waals surface area contributed by atoms with Crippen molar-refractivity contribution in [2.75, 3.05) is 13.1 Å². The standard InChI is InChI=1S/C14H17BrFNO/c1-2-14(6-3-7-17-9-14)13(18)11-8-10(15)4-5-12(11)16/h4-5,8,17H,2-3,6-7,9H2,1H3. The van der Waals surface area contributed by atoms with Crippen molar-refractivity contribution in [1.29, 1.82) is 0 Å². The summed E-state index contributed by atoms with van der Waals surface area (Å²) in [5.74, 6) is -0.502. The normalized spacial score (nSPS) is 23.9. The number of carbonyl (C=O) groups is 1. The predicted molar refractivity (Wildman–Crippen MR) is 73.3 cm³/mol. The van der Waals surface area contributed by atoms with Crippen molar-refractivity contribution >= 4 is 21.7 Å². The van der Waals surface area contributed by atoms with Gasteiger partial charge >= 0.3 is 0 Å². The molecule has 1 aromatic carbocycles. The first-order valence-electron chi connectivity index (χ1n) is 6.29. The Labute approximate surface area is 115 Å². The summed E-state index contributed by atoms with van der Waals surface area (Å²) in [5, 5.41) is 3.26. The summed E-state index contributed by atoms with van der Waals surface area (Å²) in [6.45, 7) is 3.59. The van der Waals surface area contributed by atoms with Crippen LogP contribution < -0.4 is 5.32 Å². The zero-order valence-corrected chi connectivity index (χ0v) is 12.0. The first kappa shape index (κ1) is 13.7. The minimum Gasteiger partial charge on any atom is -0.316 e. The average Bonchev–Trinajstić information content (AvgIpc) is 2.41. The molecule has 4 heteroatoms. The fourth-order valence-corrected chi connectivity index (χ4v) is 2.94. The molecule has 1 aliphatic heterocycles. The first-order valence-corrected chi connectivity index (χ1v) is 7.09. The molecule has 0 amide bonds. The van der Waals surface area contributed by atoms with Gasteiger partial charge in [0.05, 0.1) is 5.56 Å². The molecule has 0 saturated carbocycles. The van der Waals surface area contributed by atoms with Crippen molar-refractivity contribution in [3.05, 3.63) is 34.1 Å². The number of carbonyl (C=O) groups excluding carboxylic acids is 1.